The maximum absolute atomic E-state index is 12.4. The van der Waals surface area contributed by atoms with Crippen LogP contribution in [0, 0.1) is 0 Å². The van der Waals surface area contributed by atoms with E-state index < -0.39 is 0 Å². The van der Waals surface area contributed by atoms with Gasteiger partial charge in [-0.1, -0.05) is 12.1 Å². The van der Waals surface area contributed by atoms with Gasteiger partial charge in [0.2, 0.25) is 5.91 Å². The van der Waals surface area contributed by atoms with Gasteiger partial charge in [0.1, 0.15) is 11.9 Å². The molecule has 31 heavy (non-hydrogen) atoms. The lowest BCUT2D eigenvalue weighted by Gasteiger charge is -2.32. The molecule has 1 aliphatic rings. The van der Waals surface area contributed by atoms with Crippen LogP contribution in [0.1, 0.15) is 41.6 Å². The summed E-state index contributed by atoms with van der Waals surface area (Å²) >= 11 is 0. The average molecular weight is 425 g/mol. The van der Waals surface area contributed by atoms with Crippen LogP contribution in [-0.4, -0.2) is 54.0 Å². The summed E-state index contributed by atoms with van der Waals surface area (Å²) in [6.07, 6.45) is 5.03. The van der Waals surface area contributed by atoms with Crippen LogP contribution in [0.15, 0.2) is 48.8 Å². The summed E-state index contributed by atoms with van der Waals surface area (Å²) in [5, 5.41) is 2.88. The van der Waals surface area contributed by atoms with Gasteiger partial charge in [-0.2, -0.15) is 0 Å². The lowest BCUT2D eigenvalue weighted by molar-refractivity contribution is -0.144. The third kappa shape index (κ3) is 6.80. The number of rotatable bonds is 8. The maximum atomic E-state index is 12.4. The van der Waals surface area contributed by atoms with Gasteiger partial charge < -0.3 is 19.7 Å². The molecule has 3 rings (SSSR count). The van der Waals surface area contributed by atoms with E-state index in [-0.39, 0.29) is 36.7 Å². The molecule has 2 amide bonds. The third-order valence-electron chi connectivity index (χ3n) is 5.14. The summed E-state index contributed by atoms with van der Waals surface area (Å²) in [6, 6.07) is 10.8. The smallest absolute Gasteiger partial charge is 0.306 e. The molecule has 0 spiro atoms. The number of ether oxygens (including phenoxy) is 2. The van der Waals surface area contributed by atoms with Crippen LogP contribution in [0.5, 0.6) is 5.75 Å². The van der Waals surface area contributed by atoms with E-state index in [1.807, 2.05) is 18.2 Å². The van der Waals surface area contributed by atoms with Crippen molar-refractivity contribution in [3.63, 3.8) is 0 Å². The Kier molecular flexibility index (Phi) is 7.98. The first kappa shape index (κ1) is 22.3. The van der Waals surface area contributed by atoms with Crippen molar-refractivity contribution in [2.45, 2.75) is 38.3 Å². The minimum Gasteiger partial charge on any atom is -0.490 e. The highest BCUT2D eigenvalue weighted by molar-refractivity contribution is 5.94. The van der Waals surface area contributed by atoms with Crippen LogP contribution in [-0.2, 0) is 20.9 Å². The summed E-state index contributed by atoms with van der Waals surface area (Å²) in [7, 11) is 1.31. The maximum Gasteiger partial charge on any atom is 0.306 e. The zero-order valence-corrected chi connectivity index (χ0v) is 17.6. The molecular weight excluding hydrogens is 398 g/mol. The quantitative estimate of drug-likeness (QED) is 0.652. The van der Waals surface area contributed by atoms with Gasteiger partial charge in [0.15, 0.2) is 0 Å². The van der Waals surface area contributed by atoms with Gasteiger partial charge in [-0.15, -0.1) is 0 Å². The molecule has 0 radical (unpaired) electrons. The van der Waals surface area contributed by atoms with Gasteiger partial charge in [-0.25, -0.2) is 0 Å². The Morgan fingerprint density at radius 2 is 1.94 bits per heavy atom. The Labute approximate surface area is 181 Å². The molecule has 1 aromatic heterocycles. The lowest BCUT2D eigenvalue weighted by Crippen LogP contribution is -2.41. The lowest BCUT2D eigenvalue weighted by atomic mass is 10.1. The van der Waals surface area contributed by atoms with E-state index in [9.17, 15) is 14.4 Å². The number of nitrogens with zero attached hydrogens (tertiary/aromatic N) is 2. The van der Waals surface area contributed by atoms with Crippen LogP contribution < -0.4 is 10.1 Å². The van der Waals surface area contributed by atoms with Gasteiger partial charge >= 0.3 is 5.97 Å². The molecule has 0 atom stereocenters. The molecule has 1 N–H and O–H groups in total. The first-order valence-electron chi connectivity index (χ1n) is 10.3. The van der Waals surface area contributed by atoms with Crippen molar-refractivity contribution in [1.29, 1.82) is 0 Å². The van der Waals surface area contributed by atoms with Crippen molar-refractivity contribution in [1.82, 2.24) is 15.2 Å². The van der Waals surface area contributed by atoms with Crippen molar-refractivity contribution < 1.29 is 23.9 Å². The van der Waals surface area contributed by atoms with Gasteiger partial charge in [-0.05, 0) is 29.8 Å². The summed E-state index contributed by atoms with van der Waals surface area (Å²) in [5.41, 5.74) is 1.45. The number of piperidine rings is 1. The molecule has 1 aromatic carbocycles. The number of amides is 2. The van der Waals surface area contributed by atoms with Gasteiger partial charge in [-0.3, -0.25) is 19.4 Å². The molecule has 0 saturated carbocycles. The van der Waals surface area contributed by atoms with Crippen LogP contribution >= 0.6 is 0 Å². The van der Waals surface area contributed by atoms with Crippen LogP contribution in [0.4, 0.5) is 0 Å². The Balaban J connectivity index is 1.46. The number of hydrogen-bond donors (Lipinski definition) is 1. The molecule has 2 heterocycles. The molecule has 164 valence electrons. The summed E-state index contributed by atoms with van der Waals surface area (Å²) in [5.74, 6) is 0.0249. The number of aromatic nitrogens is 1. The fourth-order valence-electron chi connectivity index (χ4n) is 3.38. The summed E-state index contributed by atoms with van der Waals surface area (Å²) in [6.45, 7) is 1.56. The molecule has 0 unspecified atom stereocenters. The molecular formula is C23H27N3O5. The summed E-state index contributed by atoms with van der Waals surface area (Å²) in [4.78, 5) is 41.6. The molecule has 1 saturated heterocycles. The number of carbonyl (C=O) groups is 3. The van der Waals surface area contributed by atoms with Crippen LogP contribution in [0.3, 0.4) is 0 Å². The van der Waals surface area contributed by atoms with Gasteiger partial charge in [0.25, 0.3) is 5.91 Å². The standard InChI is InChI=1S/C23H27N3O5/c1-30-22(28)8-7-21(27)26-12-9-19(10-13-26)31-20-6-2-5-18(14-20)23(29)25-16-17-4-3-11-24-15-17/h2-6,11,14-15,19H,7-10,12-13,16H2,1H3,(H,25,29). The van der Waals surface area contributed by atoms with E-state index in [0.717, 1.165) is 5.56 Å². The number of likely N-dealkylation sites (tertiary alicyclic amines) is 1. The van der Waals surface area contributed by atoms with Crippen molar-refractivity contribution in [3.8, 4) is 5.75 Å². The highest BCUT2D eigenvalue weighted by atomic mass is 16.5. The van der Waals surface area contributed by atoms with E-state index in [1.54, 1.807) is 35.5 Å². The zero-order chi connectivity index (χ0) is 22.1. The van der Waals surface area contributed by atoms with E-state index in [4.69, 9.17) is 4.74 Å². The SMILES string of the molecule is COC(=O)CCC(=O)N1CCC(Oc2cccc(C(=O)NCc3cccnc3)c2)CC1. The molecule has 1 aliphatic heterocycles. The molecule has 2 aromatic rings. The van der Waals surface area contributed by atoms with E-state index in [0.29, 0.717) is 43.8 Å². The van der Waals surface area contributed by atoms with Crippen LogP contribution in [0.2, 0.25) is 0 Å². The molecule has 0 aliphatic carbocycles. The minimum atomic E-state index is -0.379. The number of carbonyl (C=O) groups excluding carboxylic acids is 3. The minimum absolute atomic E-state index is 0.0293. The normalized spacial score (nSPS) is 14.0. The Morgan fingerprint density at radius 3 is 2.65 bits per heavy atom. The molecule has 0 bridgehead atoms. The van der Waals surface area contributed by atoms with Gasteiger partial charge in [0.05, 0.1) is 13.5 Å². The second-order valence-electron chi connectivity index (χ2n) is 7.35. The number of methoxy groups -OCH3 is 1. The number of hydrogen-bond acceptors (Lipinski definition) is 6. The number of benzene rings is 1. The second kappa shape index (κ2) is 11.1. The van der Waals surface area contributed by atoms with Crippen molar-refractivity contribution in [2.24, 2.45) is 0 Å². The van der Waals surface area contributed by atoms with Crippen molar-refractivity contribution >= 4 is 17.8 Å². The Hall–Kier alpha value is -3.42. The largest absolute Gasteiger partial charge is 0.490 e. The van der Waals surface area contributed by atoms with Crippen molar-refractivity contribution in [2.75, 3.05) is 20.2 Å². The monoisotopic (exact) mass is 425 g/mol. The molecule has 8 heteroatoms. The second-order valence-corrected chi connectivity index (χ2v) is 7.35. The number of pyridine rings is 1. The highest BCUT2D eigenvalue weighted by Gasteiger charge is 2.24. The Morgan fingerprint density at radius 1 is 1.13 bits per heavy atom. The predicted octanol–water partition coefficient (Wildman–Crippen LogP) is 2.33. The highest BCUT2D eigenvalue weighted by Crippen LogP contribution is 2.21. The first-order valence-corrected chi connectivity index (χ1v) is 10.3. The number of nitrogens with one attached hydrogen (secondary N) is 1. The average Bonchev–Trinajstić information content (AvgIpc) is 2.82. The zero-order valence-electron chi connectivity index (χ0n) is 17.6. The first-order chi connectivity index (χ1) is 15.0. The van der Waals surface area contributed by atoms with Gasteiger partial charge in [0, 0.05) is 56.9 Å². The van der Waals surface area contributed by atoms with E-state index in [1.165, 1.54) is 7.11 Å². The van der Waals surface area contributed by atoms with E-state index in [2.05, 4.69) is 15.0 Å². The van der Waals surface area contributed by atoms with E-state index >= 15 is 0 Å². The predicted molar refractivity (Wildman–Crippen MR) is 113 cm³/mol. The Bertz CT molecular complexity index is 895. The number of esters is 1. The molecule has 1 fully saturated rings. The fourth-order valence-corrected chi connectivity index (χ4v) is 3.38. The molecule has 8 nitrogen and oxygen atoms in total. The third-order valence-corrected chi connectivity index (χ3v) is 5.14. The van der Waals surface area contributed by atoms with Crippen LogP contribution in [0.25, 0.3) is 0 Å². The fraction of sp³-hybridized carbons (Fsp3) is 0.391. The topological polar surface area (TPSA) is 97.8 Å². The summed E-state index contributed by atoms with van der Waals surface area (Å²) < 4.78 is 10.6. The van der Waals surface area contributed by atoms with Crippen molar-refractivity contribution in [3.05, 3.63) is 59.9 Å².